The number of carbonyl (C=O) groups is 1. The Morgan fingerprint density at radius 3 is 2.83 bits per heavy atom. The molecular formula is C20H16ClFN4O4. The summed E-state index contributed by atoms with van der Waals surface area (Å²) in [5.74, 6) is 0.443. The zero-order valence-electron chi connectivity index (χ0n) is 15.6. The van der Waals surface area contributed by atoms with E-state index >= 15 is 0 Å². The van der Waals surface area contributed by atoms with Gasteiger partial charge in [-0.25, -0.2) is 4.39 Å². The molecule has 0 spiro atoms. The summed E-state index contributed by atoms with van der Waals surface area (Å²) in [5.41, 5.74) is 0.445. The molecular weight excluding hydrogens is 415 g/mol. The number of nitrogens with one attached hydrogen (secondary N) is 2. The van der Waals surface area contributed by atoms with Crippen LogP contribution in [0.25, 0.3) is 11.4 Å². The van der Waals surface area contributed by atoms with Crippen LogP contribution in [0.2, 0.25) is 5.02 Å². The maximum absolute atomic E-state index is 13.9. The van der Waals surface area contributed by atoms with E-state index in [4.69, 9.17) is 21.1 Å². The molecule has 30 heavy (non-hydrogen) atoms. The molecule has 1 aromatic heterocycles. The first-order valence-electron chi connectivity index (χ1n) is 9.06. The molecule has 0 bridgehead atoms. The van der Waals surface area contributed by atoms with Gasteiger partial charge in [0.15, 0.2) is 17.3 Å². The van der Waals surface area contributed by atoms with Crippen molar-refractivity contribution in [2.24, 2.45) is 0 Å². The van der Waals surface area contributed by atoms with E-state index in [9.17, 15) is 14.0 Å². The number of fused-ring (bicyclic) bond motifs is 1. The maximum atomic E-state index is 13.9. The molecule has 2 N–H and O–H groups in total. The van der Waals surface area contributed by atoms with Gasteiger partial charge < -0.3 is 19.8 Å². The Hall–Kier alpha value is -3.46. The van der Waals surface area contributed by atoms with Crippen molar-refractivity contribution in [1.29, 1.82) is 0 Å². The van der Waals surface area contributed by atoms with E-state index in [1.54, 1.807) is 12.1 Å². The number of aromatic nitrogens is 3. The number of ether oxygens (including phenoxy) is 2. The first kappa shape index (κ1) is 19.8. The minimum Gasteiger partial charge on any atom is -0.454 e. The third kappa shape index (κ3) is 4.41. The average molecular weight is 431 g/mol. The number of aryl methyl sites for hydroxylation is 1. The van der Waals surface area contributed by atoms with Crippen LogP contribution >= 0.6 is 11.6 Å². The maximum Gasteiger partial charge on any atom is 0.273 e. The summed E-state index contributed by atoms with van der Waals surface area (Å²) in [6.07, 6.45) is 0.140. The highest BCUT2D eigenvalue weighted by Crippen LogP contribution is 2.32. The SMILES string of the molecule is O=C(CCc1nnc(-c2cc(Cl)ccc2F)[nH]c1=O)NCc1ccc2c(c1)OCO2. The van der Waals surface area contributed by atoms with Crippen LogP contribution in [0, 0.1) is 5.82 Å². The summed E-state index contributed by atoms with van der Waals surface area (Å²) in [7, 11) is 0. The van der Waals surface area contributed by atoms with E-state index in [0.29, 0.717) is 23.1 Å². The molecule has 1 aliphatic heterocycles. The van der Waals surface area contributed by atoms with Crippen LogP contribution in [-0.4, -0.2) is 27.9 Å². The van der Waals surface area contributed by atoms with E-state index in [1.807, 2.05) is 6.07 Å². The summed E-state index contributed by atoms with van der Waals surface area (Å²) < 4.78 is 24.5. The zero-order valence-corrected chi connectivity index (χ0v) is 16.3. The molecule has 8 nitrogen and oxygen atoms in total. The molecule has 1 amide bonds. The van der Waals surface area contributed by atoms with Gasteiger partial charge in [0.1, 0.15) is 11.5 Å². The molecule has 2 heterocycles. The molecule has 0 unspecified atom stereocenters. The van der Waals surface area contributed by atoms with Crippen LogP contribution in [0.15, 0.2) is 41.2 Å². The third-order valence-corrected chi connectivity index (χ3v) is 4.70. The highest BCUT2D eigenvalue weighted by Gasteiger charge is 2.15. The van der Waals surface area contributed by atoms with Gasteiger partial charge in [-0.05, 0) is 35.9 Å². The quantitative estimate of drug-likeness (QED) is 0.622. The lowest BCUT2D eigenvalue weighted by molar-refractivity contribution is -0.121. The summed E-state index contributed by atoms with van der Waals surface area (Å²) in [4.78, 5) is 26.8. The smallest absolute Gasteiger partial charge is 0.273 e. The van der Waals surface area contributed by atoms with Crippen molar-refractivity contribution in [3.05, 3.63) is 68.8 Å². The lowest BCUT2D eigenvalue weighted by Crippen LogP contribution is -2.25. The highest BCUT2D eigenvalue weighted by molar-refractivity contribution is 6.30. The second-order valence-electron chi connectivity index (χ2n) is 6.54. The fourth-order valence-corrected chi connectivity index (χ4v) is 3.07. The molecule has 0 saturated carbocycles. The predicted octanol–water partition coefficient (Wildman–Crippen LogP) is 2.60. The number of hydrogen-bond acceptors (Lipinski definition) is 6. The molecule has 2 aromatic carbocycles. The summed E-state index contributed by atoms with van der Waals surface area (Å²) >= 11 is 5.86. The zero-order chi connectivity index (χ0) is 21.1. The van der Waals surface area contributed by atoms with Gasteiger partial charge in [-0.15, -0.1) is 10.2 Å². The van der Waals surface area contributed by atoms with Gasteiger partial charge in [-0.3, -0.25) is 9.59 Å². The topological polar surface area (TPSA) is 106 Å². The molecule has 0 radical (unpaired) electrons. The standard InChI is InChI=1S/C20H16ClFN4O4/c21-12-2-3-14(22)13(8-12)19-24-20(28)15(25-26-19)4-6-18(27)23-9-11-1-5-16-17(7-11)30-10-29-16/h1-3,5,7-8H,4,6,9-10H2,(H,23,27)(H,24,26,28). The predicted molar refractivity (Wildman–Crippen MR) is 106 cm³/mol. The summed E-state index contributed by atoms with van der Waals surface area (Å²) in [5, 5.41) is 10.8. The Labute approximate surface area is 175 Å². The number of nitrogens with zero attached hydrogens (tertiary/aromatic N) is 2. The molecule has 10 heteroatoms. The number of H-pyrrole nitrogens is 1. The molecule has 0 aliphatic carbocycles. The van der Waals surface area contributed by atoms with Crippen molar-refractivity contribution in [3.63, 3.8) is 0 Å². The number of rotatable bonds is 6. The minimum absolute atomic E-state index is 0.0315. The van der Waals surface area contributed by atoms with Gasteiger partial charge in [0.2, 0.25) is 12.7 Å². The molecule has 1 aliphatic rings. The molecule has 4 rings (SSSR count). The van der Waals surface area contributed by atoms with Crippen LogP contribution < -0.4 is 20.3 Å². The first-order chi connectivity index (χ1) is 14.5. The van der Waals surface area contributed by atoms with Crippen molar-refractivity contribution in [2.75, 3.05) is 6.79 Å². The minimum atomic E-state index is -0.583. The number of hydrogen-bond donors (Lipinski definition) is 2. The van der Waals surface area contributed by atoms with Crippen molar-refractivity contribution in [1.82, 2.24) is 20.5 Å². The second kappa shape index (κ2) is 8.50. The van der Waals surface area contributed by atoms with Crippen LogP contribution in [0.1, 0.15) is 17.7 Å². The Kier molecular flexibility index (Phi) is 5.62. The van der Waals surface area contributed by atoms with Gasteiger partial charge in [0.25, 0.3) is 5.56 Å². The third-order valence-electron chi connectivity index (χ3n) is 4.46. The summed E-state index contributed by atoms with van der Waals surface area (Å²) in [6.45, 7) is 0.494. The largest absolute Gasteiger partial charge is 0.454 e. The lowest BCUT2D eigenvalue weighted by Gasteiger charge is -2.06. The van der Waals surface area contributed by atoms with Crippen molar-refractivity contribution in [2.45, 2.75) is 19.4 Å². The fraction of sp³-hybridized carbons (Fsp3) is 0.200. The average Bonchev–Trinajstić information content (AvgIpc) is 3.21. The lowest BCUT2D eigenvalue weighted by atomic mass is 10.2. The van der Waals surface area contributed by atoms with Crippen LogP contribution in [-0.2, 0) is 17.8 Å². The normalized spacial score (nSPS) is 12.1. The molecule has 0 atom stereocenters. The monoisotopic (exact) mass is 430 g/mol. The van der Waals surface area contributed by atoms with E-state index < -0.39 is 11.4 Å². The Balaban J connectivity index is 1.35. The highest BCUT2D eigenvalue weighted by atomic mass is 35.5. The van der Waals surface area contributed by atoms with Gasteiger partial charge in [-0.1, -0.05) is 17.7 Å². The Morgan fingerprint density at radius 2 is 2.00 bits per heavy atom. The first-order valence-corrected chi connectivity index (χ1v) is 9.44. The van der Waals surface area contributed by atoms with E-state index in [2.05, 4.69) is 20.5 Å². The van der Waals surface area contributed by atoms with Gasteiger partial charge in [0.05, 0.1) is 5.56 Å². The number of aromatic amines is 1. The molecule has 0 fully saturated rings. The Morgan fingerprint density at radius 1 is 1.17 bits per heavy atom. The van der Waals surface area contributed by atoms with E-state index in [1.165, 1.54) is 18.2 Å². The van der Waals surface area contributed by atoms with E-state index in [0.717, 1.165) is 5.56 Å². The Bertz CT molecular complexity index is 1170. The van der Waals surface area contributed by atoms with Crippen molar-refractivity contribution in [3.8, 4) is 22.9 Å². The van der Waals surface area contributed by atoms with E-state index in [-0.39, 0.29) is 42.6 Å². The van der Waals surface area contributed by atoms with Gasteiger partial charge in [0, 0.05) is 24.4 Å². The molecule has 0 saturated heterocycles. The van der Waals surface area contributed by atoms with Crippen LogP contribution in [0.5, 0.6) is 11.5 Å². The van der Waals surface area contributed by atoms with Crippen LogP contribution in [0.4, 0.5) is 4.39 Å². The molecule has 154 valence electrons. The second-order valence-corrected chi connectivity index (χ2v) is 6.97. The number of benzene rings is 2. The van der Waals surface area contributed by atoms with Crippen LogP contribution in [0.3, 0.4) is 0 Å². The molecule has 3 aromatic rings. The van der Waals surface area contributed by atoms with Gasteiger partial charge in [-0.2, -0.15) is 0 Å². The van der Waals surface area contributed by atoms with Crippen molar-refractivity contribution >= 4 is 17.5 Å². The number of amides is 1. The number of halogens is 2. The van der Waals surface area contributed by atoms with Crippen molar-refractivity contribution < 1.29 is 18.7 Å². The van der Waals surface area contributed by atoms with Gasteiger partial charge >= 0.3 is 0 Å². The summed E-state index contributed by atoms with van der Waals surface area (Å²) in [6, 6.07) is 9.33. The fourth-order valence-electron chi connectivity index (χ4n) is 2.90. The number of carbonyl (C=O) groups excluding carboxylic acids is 1.